The molecule has 21 heavy (non-hydrogen) atoms. The Balaban J connectivity index is 1.93. The van der Waals surface area contributed by atoms with Crippen molar-refractivity contribution in [3.05, 3.63) is 58.5 Å². The van der Waals surface area contributed by atoms with E-state index in [-0.39, 0.29) is 5.91 Å². The lowest BCUT2D eigenvalue weighted by Crippen LogP contribution is -2.12. The number of amides is 1. The number of nitrogens with two attached hydrogens (primary N) is 1. The standard InChI is InChI=1S/C17H16N2OS/c1-10-7-8-12(9-11(10)2)19-17(20)16-15(18)13-5-3-4-6-14(13)21-16/h3-9H,18H2,1-2H3,(H,19,20). The number of nitrogen functional groups attached to an aromatic ring is 1. The summed E-state index contributed by atoms with van der Waals surface area (Å²) in [4.78, 5) is 13.0. The molecule has 0 fully saturated rings. The number of nitrogens with one attached hydrogen (secondary N) is 1. The predicted molar refractivity (Wildman–Crippen MR) is 90.1 cm³/mol. The Kier molecular flexibility index (Phi) is 3.39. The van der Waals surface area contributed by atoms with Crippen LogP contribution in [-0.4, -0.2) is 5.91 Å². The third kappa shape index (κ3) is 2.50. The van der Waals surface area contributed by atoms with E-state index in [0.29, 0.717) is 10.6 Å². The first-order valence-electron chi connectivity index (χ1n) is 6.72. The summed E-state index contributed by atoms with van der Waals surface area (Å²) in [6.07, 6.45) is 0. The van der Waals surface area contributed by atoms with Gasteiger partial charge in [-0.15, -0.1) is 11.3 Å². The van der Waals surface area contributed by atoms with Gasteiger partial charge in [0.15, 0.2) is 0 Å². The summed E-state index contributed by atoms with van der Waals surface area (Å²) < 4.78 is 1.03. The molecule has 0 atom stereocenters. The van der Waals surface area contributed by atoms with E-state index in [1.54, 1.807) is 0 Å². The Bertz CT molecular complexity index is 836. The maximum Gasteiger partial charge on any atom is 0.267 e. The van der Waals surface area contributed by atoms with E-state index >= 15 is 0 Å². The average Bonchev–Trinajstić information content (AvgIpc) is 2.81. The van der Waals surface area contributed by atoms with Crippen LogP contribution in [0, 0.1) is 13.8 Å². The fourth-order valence-corrected chi connectivity index (χ4v) is 3.26. The smallest absolute Gasteiger partial charge is 0.267 e. The zero-order valence-corrected chi connectivity index (χ0v) is 12.8. The van der Waals surface area contributed by atoms with Crippen molar-refractivity contribution in [2.45, 2.75) is 13.8 Å². The Morgan fingerprint density at radius 1 is 1.10 bits per heavy atom. The Hall–Kier alpha value is -2.33. The van der Waals surface area contributed by atoms with Crippen molar-refractivity contribution in [3.8, 4) is 0 Å². The van der Waals surface area contributed by atoms with E-state index in [4.69, 9.17) is 5.73 Å². The number of benzene rings is 2. The molecule has 106 valence electrons. The topological polar surface area (TPSA) is 55.1 Å². The largest absolute Gasteiger partial charge is 0.397 e. The van der Waals surface area contributed by atoms with Crippen molar-refractivity contribution in [1.82, 2.24) is 0 Å². The van der Waals surface area contributed by atoms with Crippen molar-refractivity contribution in [2.24, 2.45) is 0 Å². The fourth-order valence-electron chi connectivity index (χ4n) is 2.24. The molecule has 3 N–H and O–H groups in total. The zero-order chi connectivity index (χ0) is 15.0. The number of anilines is 2. The van der Waals surface area contributed by atoms with Crippen LogP contribution in [0.2, 0.25) is 0 Å². The molecule has 1 heterocycles. The number of carbonyl (C=O) groups is 1. The van der Waals surface area contributed by atoms with Gasteiger partial charge in [-0.2, -0.15) is 0 Å². The van der Waals surface area contributed by atoms with E-state index in [9.17, 15) is 4.79 Å². The Morgan fingerprint density at radius 3 is 2.57 bits per heavy atom. The highest BCUT2D eigenvalue weighted by Gasteiger charge is 2.16. The SMILES string of the molecule is Cc1ccc(NC(=O)c2sc3ccccc3c2N)cc1C. The van der Waals surface area contributed by atoms with Gasteiger partial charge in [0.25, 0.3) is 5.91 Å². The molecule has 3 rings (SSSR count). The molecule has 1 aromatic heterocycles. The maximum absolute atomic E-state index is 12.4. The van der Waals surface area contributed by atoms with Crippen LogP contribution in [0.4, 0.5) is 11.4 Å². The molecule has 0 unspecified atom stereocenters. The average molecular weight is 296 g/mol. The zero-order valence-electron chi connectivity index (χ0n) is 11.9. The van der Waals surface area contributed by atoms with Crippen LogP contribution in [-0.2, 0) is 0 Å². The minimum atomic E-state index is -0.156. The van der Waals surface area contributed by atoms with Gasteiger partial charge in [-0.25, -0.2) is 0 Å². The van der Waals surface area contributed by atoms with E-state index in [2.05, 4.69) is 5.32 Å². The van der Waals surface area contributed by atoms with E-state index in [1.807, 2.05) is 56.3 Å². The van der Waals surface area contributed by atoms with Crippen LogP contribution in [0.1, 0.15) is 20.8 Å². The maximum atomic E-state index is 12.4. The second-order valence-corrected chi connectivity index (χ2v) is 6.15. The minimum Gasteiger partial charge on any atom is -0.397 e. The molecule has 0 spiro atoms. The highest BCUT2D eigenvalue weighted by molar-refractivity contribution is 7.21. The van der Waals surface area contributed by atoms with E-state index in [0.717, 1.165) is 21.3 Å². The van der Waals surface area contributed by atoms with E-state index in [1.165, 1.54) is 16.9 Å². The lowest BCUT2D eigenvalue weighted by atomic mass is 10.1. The Morgan fingerprint density at radius 2 is 1.86 bits per heavy atom. The summed E-state index contributed by atoms with van der Waals surface area (Å²) in [6.45, 7) is 4.07. The second kappa shape index (κ2) is 5.22. The molecule has 3 nitrogen and oxygen atoms in total. The summed E-state index contributed by atoms with van der Waals surface area (Å²) in [5.41, 5.74) is 9.79. The lowest BCUT2D eigenvalue weighted by Gasteiger charge is -2.07. The van der Waals surface area contributed by atoms with Gasteiger partial charge in [-0.05, 0) is 43.2 Å². The first kappa shape index (κ1) is 13.6. The number of fused-ring (bicyclic) bond motifs is 1. The van der Waals surface area contributed by atoms with Crippen LogP contribution < -0.4 is 11.1 Å². The van der Waals surface area contributed by atoms with Gasteiger partial charge in [0.05, 0.1) is 5.69 Å². The van der Waals surface area contributed by atoms with Crippen LogP contribution >= 0.6 is 11.3 Å². The number of aryl methyl sites for hydroxylation is 2. The second-order valence-electron chi connectivity index (χ2n) is 5.09. The number of thiophene rings is 1. The highest BCUT2D eigenvalue weighted by atomic mass is 32.1. The molecular weight excluding hydrogens is 280 g/mol. The highest BCUT2D eigenvalue weighted by Crippen LogP contribution is 2.33. The van der Waals surface area contributed by atoms with Crippen molar-refractivity contribution in [2.75, 3.05) is 11.1 Å². The minimum absolute atomic E-state index is 0.156. The quantitative estimate of drug-likeness (QED) is 0.738. The van der Waals surface area contributed by atoms with E-state index < -0.39 is 0 Å². The number of hydrogen-bond donors (Lipinski definition) is 2. The normalized spacial score (nSPS) is 10.8. The molecule has 0 saturated carbocycles. The number of hydrogen-bond acceptors (Lipinski definition) is 3. The molecule has 0 bridgehead atoms. The lowest BCUT2D eigenvalue weighted by molar-refractivity contribution is 0.103. The first-order valence-corrected chi connectivity index (χ1v) is 7.53. The van der Waals surface area contributed by atoms with Gasteiger partial charge in [-0.1, -0.05) is 24.3 Å². The van der Waals surface area contributed by atoms with Crippen molar-refractivity contribution in [1.29, 1.82) is 0 Å². The summed E-state index contributed by atoms with van der Waals surface area (Å²) in [5, 5.41) is 3.86. The molecule has 1 amide bonds. The van der Waals surface area contributed by atoms with Gasteiger partial charge < -0.3 is 11.1 Å². The van der Waals surface area contributed by atoms with Crippen LogP contribution in [0.25, 0.3) is 10.1 Å². The van der Waals surface area contributed by atoms with Crippen molar-refractivity contribution in [3.63, 3.8) is 0 Å². The molecule has 4 heteroatoms. The first-order chi connectivity index (χ1) is 10.1. The molecule has 2 aromatic carbocycles. The summed E-state index contributed by atoms with van der Waals surface area (Å²) in [5.74, 6) is -0.156. The summed E-state index contributed by atoms with van der Waals surface area (Å²) in [7, 11) is 0. The monoisotopic (exact) mass is 296 g/mol. The third-order valence-corrected chi connectivity index (χ3v) is 4.79. The molecule has 0 aliphatic carbocycles. The summed E-state index contributed by atoms with van der Waals surface area (Å²) >= 11 is 1.42. The molecule has 0 radical (unpaired) electrons. The van der Waals surface area contributed by atoms with Gasteiger partial charge >= 0.3 is 0 Å². The van der Waals surface area contributed by atoms with Crippen LogP contribution in [0.5, 0.6) is 0 Å². The number of carbonyl (C=O) groups excluding carboxylic acids is 1. The molecule has 0 aliphatic rings. The van der Waals surface area contributed by atoms with Gasteiger partial charge in [0, 0.05) is 15.8 Å². The summed E-state index contributed by atoms with van der Waals surface area (Å²) in [6, 6.07) is 13.7. The van der Waals surface area contributed by atoms with Gasteiger partial charge in [0.2, 0.25) is 0 Å². The molecular formula is C17H16N2OS. The van der Waals surface area contributed by atoms with Crippen LogP contribution in [0.3, 0.4) is 0 Å². The molecule has 3 aromatic rings. The molecule has 0 aliphatic heterocycles. The molecule has 0 saturated heterocycles. The van der Waals surface area contributed by atoms with Crippen molar-refractivity contribution >= 4 is 38.7 Å². The van der Waals surface area contributed by atoms with Crippen molar-refractivity contribution < 1.29 is 4.79 Å². The fraction of sp³-hybridized carbons (Fsp3) is 0.118. The van der Waals surface area contributed by atoms with Crippen LogP contribution in [0.15, 0.2) is 42.5 Å². The predicted octanol–water partition coefficient (Wildman–Crippen LogP) is 4.35. The van der Waals surface area contributed by atoms with Gasteiger partial charge in [0.1, 0.15) is 4.88 Å². The third-order valence-electron chi connectivity index (χ3n) is 3.60. The number of rotatable bonds is 2. The van der Waals surface area contributed by atoms with Gasteiger partial charge in [-0.3, -0.25) is 4.79 Å². The Labute approximate surface area is 127 Å².